The maximum atomic E-state index is 9.60. The van der Waals surface area contributed by atoms with Crippen molar-refractivity contribution < 1.29 is 9.53 Å². The van der Waals surface area contributed by atoms with Crippen LogP contribution in [0.15, 0.2) is 36.5 Å². The predicted octanol–water partition coefficient (Wildman–Crippen LogP) is 3.60. The highest BCUT2D eigenvalue weighted by atomic mass is 35.5. The van der Waals surface area contributed by atoms with Crippen molar-refractivity contribution in [1.82, 2.24) is 4.09 Å². The summed E-state index contributed by atoms with van der Waals surface area (Å²) in [5.41, 5.74) is 0.742. The predicted molar refractivity (Wildman–Crippen MR) is 70.1 cm³/mol. The van der Waals surface area contributed by atoms with Crippen LogP contribution in [-0.2, 0) is 9.53 Å². The van der Waals surface area contributed by atoms with E-state index in [0.717, 1.165) is 5.52 Å². The lowest BCUT2D eigenvalue weighted by molar-refractivity contribution is -0.138. The summed E-state index contributed by atoms with van der Waals surface area (Å²) in [5.74, 6) is 0. The first-order valence-electron chi connectivity index (χ1n) is 5.28. The fourth-order valence-electron chi connectivity index (χ4n) is 1.19. The molecular weight excluding hydrogens is 238 g/mol. The molecule has 0 spiro atoms. The standard InChI is InChI=1S/C8H6ClN.C5H10O2/c9-10-6-5-7-3-1-2-4-8(7)10;1-5(2,3)7-4-6/h1-6H;4H,1-3H3. The van der Waals surface area contributed by atoms with Crippen molar-refractivity contribution in [3.8, 4) is 0 Å². The Morgan fingerprint density at radius 1 is 1.24 bits per heavy atom. The Morgan fingerprint density at radius 2 is 1.88 bits per heavy atom. The number of hydrogen-bond acceptors (Lipinski definition) is 2. The number of para-hydroxylation sites is 1. The third-order valence-electron chi connectivity index (χ3n) is 1.95. The molecule has 2 aromatic rings. The smallest absolute Gasteiger partial charge is 0.293 e. The summed E-state index contributed by atoms with van der Waals surface area (Å²) in [4.78, 5) is 9.60. The van der Waals surface area contributed by atoms with Gasteiger partial charge in [0.1, 0.15) is 5.60 Å². The Kier molecular flexibility index (Phi) is 4.58. The van der Waals surface area contributed by atoms with Gasteiger partial charge in [-0.1, -0.05) is 18.2 Å². The maximum absolute atomic E-state index is 9.60. The largest absolute Gasteiger partial charge is 0.462 e. The number of carbonyl (C=O) groups is 1. The molecule has 92 valence electrons. The molecule has 0 aliphatic heterocycles. The molecule has 3 nitrogen and oxygen atoms in total. The van der Waals surface area contributed by atoms with E-state index in [1.807, 2.05) is 57.3 Å². The van der Waals surface area contributed by atoms with Crippen LogP contribution >= 0.6 is 11.8 Å². The summed E-state index contributed by atoms with van der Waals surface area (Å²) in [6.45, 7) is 5.92. The summed E-state index contributed by atoms with van der Waals surface area (Å²) in [7, 11) is 0. The number of aromatic nitrogens is 1. The van der Waals surface area contributed by atoms with Crippen molar-refractivity contribution in [3.63, 3.8) is 0 Å². The normalized spacial score (nSPS) is 10.6. The lowest BCUT2D eigenvalue weighted by Gasteiger charge is -2.14. The first-order valence-corrected chi connectivity index (χ1v) is 5.61. The molecule has 0 aliphatic rings. The highest BCUT2D eigenvalue weighted by Crippen LogP contribution is 2.15. The highest BCUT2D eigenvalue weighted by molar-refractivity contribution is 6.19. The van der Waals surface area contributed by atoms with E-state index in [9.17, 15) is 4.79 Å². The fraction of sp³-hybridized carbons (Fsp3) is 0.308. The summed E-state index contributed by atoms with van der Waals surface area (Å²) < 4.78 is 6.14. The molecule has 1 aromatic carbocycles. The van der Waals surface area contributed by atoms with Crippen LogP contribution in [0.1, 0.15) is 20.8 Å². The van der Waals surface area contributed by atoms with E-state index in [4.69, 9.17) is 11.8 Å². The van der Waals surface area contributed by atoms with Crippen molar-refractivity contribution in [2.24, 2.45) is 0 Å². The molecule has 0 aliphatic carbocycles. The number of ether oxygens (including phenoxy) is 1. The molecule has 0 atom stereocenters. The van der Waals surface area contributed by atoms with Gasteiger partial charge in [0.15, 0.2) is 0 Å². The third-order valence-corrected chi connectivity index (χ3v) is 2.25. The van der Waals surface area contributed by atoms with Gasteiger partial charge in [-0.15, -0.1) is 0 Å². The zero-order chi connectivity index (χ0) is 12.9. The maximum Gasteiger partial charge on any atom is 0.293 e. The molecule has 0 amide bonds. The first kappa shape index (κ1) is 13.6. The van der Waals surface area contributed by atoms with Crippen LogP contribution in [0.4, 0.5) is 0 Å². The van der Waals surface area contributed by atoms with Crippen molar-refractivity contribution in [2.75, 3.05) is 0 Å². The molecule has 0 fully saturated rings. The van der Waals surface area contributed by atoms with Gasteiger partial charge in [0.05, 0.1) is 5.52 Å². The SMILES string of the molecule is CC(C)(C)OC=O.Cln1ccc2ccccc21. The first-order chi connectivity index (χ1) is 7.94. The van der Waals surface area contributed by atoms with E-state index in [1.165, 1.54) is 5.39 Å². The van der Waals surface area contributed by atoms with Crippen LogP contribution in [-0.4, -0.2) is 16.2 Å². The van der Waals surface area contributed by atoms with Crippen molar-refractivity contribution in [2.45, 2.75) is 26.4 Å². The second-order valence-electron chi connectivity index (χ2n) is 4.51. The number of fused-ring (bicyclic) bond motifs is 1. The minimum absolute atomic E-state index is 0.318. The van der Waals surface area contributed by atoms with Crippen molar-refractivity contribution >= 4 is 29.2 Å². The highest BCUT2D eigenvalue weighted by Gasteiger charge is 2.07. The van der Waals surface area contributed by atoms with Crippen LogP contribution in [0.5, 0.6) is 0 Å². The van der Waals surface area contributed by atoms with Crippen molar-refractivity contribution in [1.29, 1.82) is 0 Å². The van der Waals surface area contributed by atoms with Crippen LogP contribution < -0.4 is 0 Å². The van der Waals surface area contributed by atoms with E-state index in [0.29, 0.717) is 6.47 Å². The molecule has 0 saturated carbocycles. The second-order valence-corrected chi connectivity index (χ2v) is 4.88. The van der Waals surface area contributed by atoms with Gasteiger partial charge in [0.2, 0.25) is 0 Å². The lowest BCUT2D eigenvalue weighted by atomic mass is 10.2. The fourth-order valence-corrected chi connectivity index (χ4v) is 1.40. The molecule has 0 saturated heterocycles. The summed E-state index contributed by atoms with van der Waals surface area (Å²) >= 11 is 5.79. The molecule has 0 bridgehead atoms. The lowest BCUT2D eigenvalue weighted by Crippen LogP contribution is -2.17. The van der Waals surface area contributed by atoms with E-state index >= 15 is 0 Å². The molecule has 1 aromatic heterocycles. The Hall–Kier alpha value is -1.48. The number of carbonyl (C=O) groups excluding carboxylic acids is 1. The zero-order valence-electron chi connectivity index (χ0n) is 10.2. The van der Waals surface area contributed by atoms with Crippen LogP contribution in [0, 0.1) is 0 Å². The quantitative estimate of drug-likeness (QED) is 0.727. The zero-order valence-corrected chi connectivity index (χ0v) is 10.9. The number of halogens is 1. The van der Waals surface area contributed by atoms with Gasteiger partial charge in [0.25, 0.3) is 6.47 Å². The Balaban J connectivity index is 0.000000185. The van der Waals surface area contributed by atoms with Gasteiger partial charge in [-0.3, -0.25) is 8.88 Å². The van der Waals surface area contributed by atoms with Crippen LogP contribution in [0.25, 0.3) is 10.9 Å². The Bertz CT molecular complexity index is 485. The minimum Gasteiger partial charge on any atom is -0.462 e. The summed E-state index contributed by atoms with van der Waals surface area (Å²) in [6, 6.07) is 9.99. The van der Waals surface area contributed by atoms with Gasteiger partial charge in [-0.2, -0.15) is 0 Å². The monoisotopic (exact) mass is 253 g/mol. The second kappa shape index (κ2) is 5.73. The number of benzene rings is 1. The van der Waals surface area contributed by atoms with E-state index < -0.39 is 0 Å². The van der Waals surface area contributed by atoms with Crippen LogP contribution in [0.3, 0.4) is 0 Å². The van der Waals surface area contributed by atoms with Gasteiger partial charge < -0.3 is 4.74 Å². The van der Waals surface area contributed by atoms with Crippen LogP contribution in [0.2, 0.25) is 0 Å². The van der Waals surface area contributed by atoms with Gasteiger partial charge in [-0.05, 0) is 32.9 Å². The number of nitrogens with zero attached hydrogens (tertiary/aromatic N) is 1. The van der Waals surface area contributed by atoms with E-state index in [-0.39, 0.29) is 5.60 Å². The Labute approximate surface area is 106 Å². The molecule has 2 rings (SSSR count). The number of rotatable bonds is 1. The van der Waals surface area contributed by atoms with E-state index in [2.05, 4.69) is 4.74 Å². The molecule has 1 heterocycles. The topological polar surface area (TPSA) is 31.2 Å². The summed E-state index contributed by atoms with van der Waals surface area (Å²) in [6.07, 6.45) is 1.84. The van der Waals surface area contributed by atoms with Gasteiger partial charge in [0, 0.05) is 23.4 Å². The summed E-state index contributed by atoms with van der Waals surface area (Å²) in [5, 5.41) is 1.18. The molecule has 0 N–H and O–H groups in total. The van der Waals surface area contributed by atoms with Gasteiger partial charge >= 0.3 is 0 Å². The van der Waals surface area contributed by atoms with Gasteiger partial charge in [-0.25, -0.2) is 0 Å². The van der Waals surface area contributed by atoms with Crippen molar-refractivity contribution in [3.05, 3.63) is 36.5 Å². The Morgan fingerprint density at radius 3 is 2.35 bits per heavy atom. The number of hydrogen-bond donors (Lipinski definition) is 0. The van der Waals surface area contributed by atoms with E-state index in [1.54, 1.807) is 4.09 Å². The average molecular weight is 254 g/mol. The average Bonchev–Trinajstić information content (AvgIpc) is 2.61. The molecule has 0 unspecified atom stereocenters. The minimum atomic E-state index is -0.318. The third kappa shape index (κ3) is 4.49. The molecule has 0 radical (unpaired) electrons. The molecular formula is C13H16ClNO2. The molecule has 17 heavy (non-hydrogen) atoms. The molecule has 4 heteroatoms.